The summed E-state index contributed by atoms with van der Waals surface area (Å²) >= 11 is 0. The van der Waals surface area contributed by atoms with E-state index >= 15 is 0 Å². The van der Waals surface area contributed by atoms with Crippen molar-refractivity contribution >= 4 is 27.7 Å². The van der Waals surface area contributed by atoms with Crippen molar-refractivity contribution in [2.24, 2.45) is 0 Å². The molecule has 1 aliphatic carbocycles. The van der Waals surface area contributed by atoms with Crippen molar-refractivity contribution in [2.75, 3.05) is 0 Å². The number of aryl methyl sites for hydroxylation is 4. The second kappa shape index (κ2) is 12.9. The number of allylic oxidation sites excluding steroid dienone is 1. The maximum atomic E-state index is 11.7. The van der Waals surface area contributed by atoms with Crippen LogP contribution in [0, 0.1) is 27.7 Å². The number of fused-ring (bicyclic) bond motifs is 1. The van der Waals surface area contributed by atoms with Gasteiger partial charge in [0.1, 0.15) is 16.4 Å². The summed E-state index contributed by atoms with van der Waals surface area (Å²) in [7, 11) is -4.40. The van der Waals surface area contributed by atoms with Crippen LogP contribution < -0.4 is 0 Å². The summed E-state index contributed by atoms with van der Waals surface area (Å²) in [5.41, 5.74) is 14.2. The van der Waals surface area contributed by atoms with Crippen molar-refractivity contribution in [2.45, 2.75) is 45.4 Å². The SMILES string of the molecule is Cc1cc(Cc2cc(Cc3cc(C)c(O)c(C)c3)c(O)c(O)c2O)cc(C)c1O.[N-]=[N+]=C1C=Cc2c(cccc2S(=O)(=O)O)C1=O. The van der Waals surface area contributed by atoms with Crippen LogP contribution in [0.15, 0.2) is 59.5 Å². The number of Topliss-reactive ketones (excluding diaryl/α,β-unsaturated/α-hetero) is 1. The highest BCUT2D eigenvalue weighted by molar-refractivity contribution is 7.86. The summed E-state index contributed by atoms with van der Waals surface area (Å²) in [6.07, 6.45) is 3.15. The van der Waals surface area contributed by atoms with Gasteiger partial charge in [-0.25, -0.2) is 0 Å². The molecule has 4 aromatic carbocycles. The van der Waals surface area contributed by atoms with Gasteiger partial charge in [0, 0.05) is 41.2 Å². The molecule has 0 bridgehead atoms. The molecule has 0 aromatic heterocycles. The molecule has 0 radical (unpaired) electrons. The highest BCUT2D eigenvalue weighted by Gasteiger charge is 2.29. The Morgan fingerprint density at radius 3 is 1.54 bits per heavy atom. The van der Waals surface area contributed by atoms with E-state index in [0.717, 1.165) is 33.4 Å². The number of rotatable bonds is 5. The second-order valence-corrected chi connectivity index (χ2v) is 12.5. The summed E-state index contributed by atoms with van der Waals surface area (Å²) < 4.78 is 31.2. The molecule has 0 fully saturated rings. The van der Waals surface area contributed by atoms with Crippen molar-refractivity contribution in [3.63, 3.8) is 0 Å². The molecule has 0 saturated carbocycles. The molecule has 238 valence electrons. The Morgan fingerprint density at radius 1 is 0.674 bits per heavy atom. The maximum absolute atomic E-state index is 11.7. The van der Waals surface area contributed by atoms with Crippen molar-refractivity contribution in [3.05, 3.63) is 116 Å². The molecule has 12 heteroatoms. The number of benzene rings is 4. The van der Waals surface area contributed by atoms with Crippen molar-refractivity contribution in [1.29, 1.82) is 0 Å². The Labute approximate surface area is 265 Å². The quantitative estimate of drug-likeness (QED) is 0.0706. The number of phenolic OH excluding ortho intramolecular Hbond substituents is 5. The van der Waals surface area contributed by atoms with E-state index in [2.05, 4.69) is 4.79 Å². The van der Waals surface area contributed by atoms with Crippen LogP contribution in [0.3, 0.4) is 0 Å². The number of carbonyl (C=O) groups is 1. The van der Waals surface area contributed by atoms with E-state index in [0.29, 0.717) is 24.0 Å². The second-order valence-electron chi connectivity index (χ2n) is 11.1. The van der Waals surface area contributed by atoms with Crippen molar-refractivity contribution in [3.8, 4) is 28.7 Å². The lowest BCUT2D eigenvalue weighted by atomic mass is 9.94. The molecule has 0 atom stereocenters. The molecule has 5 rings (SSSR count). The molecular formula is C34H32N2O9S. The van der Waals surface area contributed by atoms with Gasteiger partial charge in [-0.3, -0.25) is 9.35 Å². The lowest BCUT2D eigenvalue weighted by Crippen LogP contribution is -2.19. The van der Waals surface area contributed by atoms with Gasteiger partial charge in [-0.2, -0.15) is 13.2 Å². The number of nitrogens with zero attached hydrogens (tertiary/aromatic N) is 2. The lowest BCUT2D eigenvalue weighted by molar-refractivity contribution is -0.00436. The number of ketones is 1. The maximum Gasteiger partial charge on any atom is 0.362 e. The number of hydrogen-bond acceptors (Lipinski definition) is 8. The standard InChI is InChI=1S/C24H26O5.C10H6N2O4S/c1-12-5-16(6-13(2)20(12)25)9-18-11-19(23(28)24(29)22(18)27)10-17-7-14(3)21(26)15(4)8-17;11-12-8-5-4-6-7(10(8)13)2-1-3-9(6)17(14,15)16/h5-8,11,25-29H,9-10H2,1-4H3;1-5H,(H,14,15,16). The minimum atomic E-state index is -4.40. The monoisotopic (exact) mass is 644 g/mol. The average Bonchev–Trinajstić information content (AvgIpc) is 2.99. The van der Waals surface area contributed by atoms with Gasteiger partial charge in [0.2, 0.25) is 5.75 Å². The van der Waals surface area contributed by atoms with E-state index in [-0.39, 0.29) is 44.7 Å². The smallest absolute Gasteiger partial charge is 0.362 e. The van der Waals surface area contributed by atoms with Crippen molar-refractivity contribution in [1.82, 2.24) is 0 Å². The predicted molar refractivity (Wildman–Crippen MR) is 170 cm³/mol. The van der Waals surface area contributed by atoms with Gasteiger partial charge in [-0.15, -0.1) is 0 Å². The topological polar surface area (TPSA) is 209 Å². The molecule has 46 heavy (non-hydrogen) atoms. The van der Waals surface area contributed by atoms with Crippen LogP contribution in [0.25, 0.3) is 11.6 Å². The molecule has 1 aliphatic rings. The van der Waals surface area contributed by atoms with E-state index < -0.39 is 21.7 Å². The Bertz CT molecular complexity index is 1960. The molecule has 0 aliphatic heterocycles. The highest BCUT2D eigenvalue weighted by Crippen LogP contribution is 2.42. The highest BCUT2D eigenvalue weighted by atomic mass is 32.2. The average molecular weight is 645 g/mol. The number of carbonyl (C=O) groups excluding carboxylic acids is 1. The summed E-state index contributed by atoms with van der Waals surface area (Å²) in [6.45, 7) is 7.23. The van der Waals surface area contributed by atoms with Crippen LogP contribution in [0.1, 0.15) is 60.4 Å². The molecular weight excluding hydrogens is 612 g/mol. The molecule has 11 nitrogen and oxygen atoms in total. The van der Waals surface area contributed by atoms with Crippen LogP contribution in [0.5, 0.6) is 28.7 Å². The normalized spacial score (nSPS) is 12.3. The fourth-order valence-corrected chi connectivity index (χ4v) is 6.07. The van der Waals surface area contributed by atoms with Crippen LogP contribution in [0.2, 0.25) is 0 Å². The molecule has 0 heterocycles. The third-order valence-corrected chi connectivity index (χ3v) is 8.54. The van der Waals surface area contributed by atoms with Gasteiger partial charge in [-0.05, 0) is 79.3 Å². The fourth-order valence-electron chi connectivity index (χ4n) is 5.36. The van der Waals surface area contributed by atoms with E-state index in [1.54, 1.807) is 33.8 Å². The summed E-state index contributed by atoms with van der Waals surface area (Å²) in [4.78, 5) is 14.1. The molecule has 0 amide bonds. The Hall–Kier alpha value is -5.42. The van der Waals surface area contributed by atoms with Crippen LogP contribution in [-0.4, -0.2) is 54.8 Å². The van der Waals surface area contributed by atoms with E-state index in [1.165, 1.54) is 30.4 Å². The Kier molecular flexibility index (Phi) is 9.39. The van der Waals surface area contributed by atoms with Crippen LogP contribution in [0.4, 0.5) is 0 Å². The van der Waals surface area contributed by atoms with Crippen molar-refractivity contribution < 1.29 is 48.1 Å². The first kappa shape index (κ1) is 33.5. The predicted octanol–water partition coefficient (Wildman–Crippen LogP) is 5.44. The fraction of sp³-hybridized carbons (Fsp3) is 0.176. The first-order valence-electron chi connectivity index (χ1n) is 13.9. The van der Waals surface area contributed by atoms with Gasteiger partial charge in [0.05, 0.1) is 0 Å². The number of aromatic hydroxyl groups is 5. The zero-order chi connectivity index (χ0) is 34.1. The number of hydrogen-bond donors (Lipinski definition) is 6. The van der Waals surface area contributed by atoms with E-state index in [9.17, 15) is 38.7 Å². The minimum absolute atomic E-state index is 0.0652. The summed E-state index contributed by atoms with van der Waals surface area (Å²) in [5, 5.41) is 50.9. The molecule has 0 unspecified atom stereocenters. The molecule has 4 aromatic rings. The van der Waals surface area contributed by atoms with Crippen LogP contribution in [-0.2, 0) is 23.0 Å². The summed E-state index contributed by atoms with van der Waals surface area (Å²) in [6, 6.07) is 12.9. The van der Waals surface area contributed by atoms with Gasteiger partial charge >= 0.3 is 5.71 Å². The van der Waals surface area contributed by atoms with Gasteiger partial charge in [0.25, 0.3) is 15.9 Å². The number of phenols is 5. The van der Waals surface area contributed by atoms with Crippen LogP contribution >= 0.6 is 0 Å². The van der Waals surface area contributed by atoms with Gasteiger partial charge in [-0.1, -0.05) is 36.4 Å². The summed E-state index contributed by atoms with van der Waals surface area (Å²) in [5.74, 6) is -1.37. The van der Waals surface area contributed by atoms with E-state index in [4.69, 9.17) is 10.1 Å². The zero-order valence-corrected chi connectivity index (χ0v) is 26.2. The van der Waals surface area contributed by atoms with E-state index in [1.807, 2.05) is 24.3 Å². The first-order chi connectivity index (χ1) is 21.5. The molecule has 0 spiro atoms. The lowest BCUT2D eigenvalue weighted by Gasteiger charge is -2.15. The minimum Gasteiger partial charge on any atom is -0.507 e. The zero-order valence-electron chi connectivity index (χ0n) is 25.4. The first-order valence-corrected chi connectivity index (χ1v) is 15.4. The largest absolute Gasteiger partial charge is 0.507 e. The van der Waals surface area contributed by atoms with Gasteiger partial charge < -0.3 is 31.1 Å². The van der Waals surface area contributed by atoms with Gasteiger partial charge in [0.15, 0.2) is 11.5 Å². The Morgan fingerprint density at radius 2 is 1.13 bits per heavy atom. The molecule has 0 saturated heterocycles. The third-order valence-electron chi connectivity index (χ3n) is 7.63. The third kappa shape index (κ3) is 6.79. The molecule has 6 N–H and O–H groups in total. The Balaban J connectivity index is 0.000000240.